The lowest BCUT2D eigenvalue weighted by Crippen LogP contribution is -2.33. The van der Waals surface area contributed by atoms with Gasteiger partial charge in [0.25, 0.3) is 0 Å². The molecule has 2 heterocycles. The minimum Gasteiger partial charge on any atom is -0.469 e. The van der Waals surface area contributed by atoms with Crippen LogP contribution in [-0.2, 0) is 11.8 Å². The summed E-state index contributed by atoms with van der Waals surface area (Å²) < 4.78 is 20.2. The monoisotopic (exact) mass is 388 g/mol. The molecule has 0 aliphatic heterocycles. The number of carbonyl (C=O) groups excluding carboxylic acids is 1. The van der Waals surface area contributed by atoms with Gasteiger partial charge in [-0.15, -0.1) is 10.2 Å². The van der Waals surface area contributed by atoms with Gasteiger partial charge in [-0.05, 0) is 44.5 Å². The van der Waals surface area contributed by atoms with Gasteiger partial charge < -0.3 is 14.3 Å². The summed E-state index contributed by atoms with van der Waals surface area (Å²) in [5, 5.41) is 11.6. The number of aryl methyl sites for hydroxylation is 1. The van der Waals surface area contributed by atoms with Crippen molar-refractivity contribution in [2.24, 2.45) is 7.05 Å². The molecule has 2 unspecified atom stereocenters. The van der Waals surface area contributed by atoms with Crippen molar-refractivity contribution in [3.8, 4) is 11.4 Å². The van der Waals surface area contributed by atoms with Gasteiger partial charge in [-0.3, -0.25) is 4.79 Å². The molecule has 0 aliphatic carbocycles. The number of furan rings is 1. The summed E-state index contributed by atoms with van der Waals surface area (Å²) in [5.74, 6) is 1.03. The normalized spacial score (nSPS) is 13.4. The van der Waals surface area contributed by atoms with Gasteiger partial charge >= 0.3 is 0 Å². The minimum absolute atomic E-state index is 0.124. The first kappa shape index (κ1) is 19.2. The standard InChI is InChI=1S/C19H21FN4O2S/c1-11(14-5-7-15(20)8-6-14)21-18(25)13(3)27-19-23-22-17(24(19)4)16-9-10-26-12(16)2/h5-11,13H,1-4H3,(H,21,25). The largest absolute Gasteiger partial charge is 0.469 e. The van der Waals surface area contributed by atoms with E-state index in [0.717, 1.165) is 16.9 Å². The molecular formula is C19H21FN4O2S. The lowest BCUT2D eigenvalue weighted by molar-refractivity contribution is -0.120. The molecule has 27 heavy (non-hydrogen) atoms. The summed E-state index contributed by atoms with van der Waals surface area (Å²) >= 11 is 1.33. The topological polar surface area (TPSA) is 72.9 Å². The fourth-order valence-corrected chi connectivity index (χ4v) is 3.47. The van der Waals surface area contributed by atoms with E-state index in [4.69, 9.17) is 4.42 Å². The second-order valence-electron chi connectivity index (χ2n) is 6.30. The Bertz CT molecular complexity index is 936. The van der Waals surface area contributed by atoms with Crippen LogP contribution in [0.2, 0.25) is 0 Å². The molecule has 0 spiro atoms. The number of halogens is 1. The summed E-state index contributed by atoms with van der Waals surface area (Å²) in [7, 11) is 1.86. The first-order valence-electron chi connectivity index (χ1n) is 8.53. The molecule has 8 heteroatoms. The Morgan fingerprint density at radius 1 is 1.22 bits per heavy atom. The summed E-state index contributed by atoms with van der Waals surface area (Å²) in [4.78, 5) is 12.5. The number of nitrogens with one attached hydrogen (secondary N) is 1. The van der Waals surface area contributed by atoms with Gasteiger partial charge in [-0.25, -0.2) is 4.39 Å². The second-order valence-corrected chi connectivity index (χ2v) is 7.61. The summed E-state index contributed by atoms with van der Waals surface area (Å²) in [5.41, 5.74) is 1.72. The first-order valence-corrected chi connectivity index (χ1v) is 9.41. The zero-order valence-corrected chi connectivity index (χ0v) is 16.4. The van der Waals surface area contributed by atoms with Crippen LogP contribution in [-0.4, -0.2) is 25.9 Å². The van der Waals surface area contributed by atoms with Crippen LogP contribution in [0.15, 0.2) is 46.2 Å². The van der Waals surface area contributed by atoms with Crippen LogP contribution in [0.3, 0.4) is 0 Å². The van der Waals surface area contributed by atoms with Gasteiger partial charge in [0.05, 0.1) is 23.1 Å². The number of thioether (sulfide) groups is 1. The number of nitrogens with zero attached hydrogens (tertiary/aromatic N) is 3. The van der Waals surface area contributed by atoms with Gasteiger partial charge in [0, 0.05) is 7.05 Å². The number of carbonyl (C=O) groups is 1. The van der Waals surface area contributed by atoms with Crippen molar-refractivity contribution in [3.05, 3.63) is 53.7 Å². The molecule has 3 rings (SSSR count). The van der Waals surface area contributed by atoms with E-state index < -0.39 is 0 Å². The maximum absolute atomic E-state index is 13.0. The summed E-state index contributed by atoms with van der Waals surface area (Å²) in [6, 6.07) is 7.73. The van der Waals surface area contributed by atoms with E-state index in [1.54, 1.807) is 18.4 Å². The molecule has 2 aromatic heterocycles. The number of rotatable bonds is 6. The van der Waals surface area contributed by atoms with Crippen molar-refractivity contribution in [1.82, 2.24) is 20.1 Å². The molecule has 0 radical (unpaired) electrons. The highest BCUT2D eigenvalue weighted by atomic mass is 32.2. The zero-order chi connectivity index (χ0) is 19.6. The van der Waals surface area contributed by atoms with E-state index in [9.17, 15) is 9.18 Å². The van der Waals surface area contributed by atoms with Gasteiger partial charge in [-0.2, -0.15) is 0 Å². The Morgan fingerprint density at radius 2 is 1.93 bits per heavy atom. The lowest BCUT2D eigenvalue weighted by Gasteiger charge is -2.17. The molecule has 0 aliphatic rings. The van der Waals surface area contributed by atoms with E-state index in [1.807, 2.05) is 38.5 Å². The van der Waals surface area contributed by atoms with Crippen molar-refractivity contribution in [1.29, 1.82) is 0 Å². The lowest BCUT2D eigenvalue weighted by atomic mass is 10.1. The third kappa shape index (κ3) is 4.21. The zero-order valence-electron chi connectivity index (χ0n) is 15.6. The Morgan fingerprint density at radius 3 is 2.56 bits per heavy atom. The van der Waals surface area contributed by atoms with Crippen LogP contribution in [0.1, 0.15) is 31.2 Å². The number of amides is 1. The van der Waals surface area contributed by atoms with Crippen molar-refractivity contribution in [2.45, 2.75) is 37.2 Å². The second kappa shape index (κ2) is 7.96. The molecule has 0 saturated carbocycles. The highest BCUT2D eigenvalue weighted by molar-refractivity contribution is 8.00. The highest BCUT2D eigenvalue weighted by Crippen LogP contribution is 2.28. The molecule has 1 aromatic carbocycles. The third-order valence-electron chi connectivity index (χ3n) is 4.31. The van der Waals surface area contributed by atoms with E-state index in [0.29, 0.717) is 11.0 Å². The van der Waals surface area contributed by atoms with E-state index >= 15 is 0 Å². The Kier molecular flexibility index (Phi) is 5.65. The van der Waals surface area contributed by atoms with Crippen LogP contribution in [0.5, 0.6) is 0 Å². The molecule has 1 N–H and O–H groups in total. The molecule has 0 bridgehead atoms. The third-order valence-corrected chi connectivity index (χ3v) is 5.45. The van der Waals surface area contributed by atoms with Crippen LogP contribution in [0, 0.1) is 12.7 Å². The molecule has 6 nitrogen and oxygen atoms in total. The van der Waals surface area contributed by atoms with Gasteiger partial charge in [-0.1, -0.05) is 23.9 Å². The molecule has 1 amide bonds. The minimum atomic E-state index is -0.367. The van der Waals surface area contributed by atoms with Crippen molar-refractivity contribution >= 4 is 17.7 Å². The summed E-state index contributed by atoms with van der Waals surface area (Å²) in [6.07, 6.45) is 1.61. The number of benzene rings is 1. The molecule has 2 atom stereocenters. The highest BCUT2D eigenvalue weighted by Gasteiger charge is 2.22. The Labute approximate surface area is 161 Å². The van der Waals surface area contributed by atoms with E-state index in [1.165, 1.54) is 23.9 Å². The Hall–Kier alpha value is -2.61. The van der Waals surface area contributed by atoms with Crippen molar-refractivity contribution < 1.29 is 13.6 Å². The smallest absolute Gasteiger partial charge is 0.233 e. The quantitative estimate of drug-likeness (QED) is 0.649. The van der Waals surface area contributed by atoms with Gasteiger partial charge in [0.1, 0.15) is 11.6 Å². The molecule has 0 fully saturated rings. The fourth-order valence-electron chi connectivity index (χ4n) is 2.65. The van der Waals surface area contributed by atoms with Gasteiger partial charge in [0.15, 0.2) is 11.0 Å². The molecule has 3 aromatic rings. The van der Waals surface area contributed by atoms with Crippen molar-refractivity contribution in [2.75, 3.05) is 0 Å². The number of hydrogen-bond donors (Lipinski definition) is 1. The molecular weight excluding hydrogens is 367 g/mol. The maximum Gasteiger partial charge on any atom is 0.233 e. The first-order chi connectivity index (χ1) is 12.9. The average molecular weight is 388 g/mol. The summed E-state index contributed by atoms with van der Waals surface area (Å²) in [6.45, 7) is 5.54. The fraction of sp³-hybridized carbons (Fsp3) is 0.316. The predicted octanol–water partition coefficient (Wildman–Crippen LogP) is 3.88. The maximum atomic E-state index is 13.0. The van der Waals surface area contributed by atoms with Crippen LogP contribution in [0.4, 0.5) is 4.39 Å². The predicted molar refractivity (Wildman–Crippen MR) is 102 cm³/mol. The van der Waals surface area contributed by atoms with Crippen LogP contribution >= 0.6 is 11.8 Å². The van der Waals surface area contributed by atoms with E-state index in [-0.39, 0.29) is 23.0 Å². The number of aromatic nitrogens is 3. The SMILES string of the molecule is Cc1occc1-c1nnc(SC(C)C(=O)NC(C)c2ccc(F)cc2)n1C. The van der Waals surface area contributed by atoms with Crippen molar-refractivity contribution in [3.63, 3.8) is 0 Å². The molecule has 0 saturated heterocycles. The van der Waals surface area contributed by atoms with Gasteiger partial charge in [0.2, 0.25) is 5.91 Å². The molecule has 142 valence electrons. The van der Waals surface area contributed by atoms with E-state index in [2.05, 4.69) is 15.5 Å². The van der Waals surface area contributed by atoms with Crippen LogP contribution < -0.4 is 5.32 Å². The number of hydrogen-bond acceptors (Lipinski definition) is 5. The van der Waals surface area contributed by atoms with Crippen LogP contribution in [0.25, 0.3) is 11.4 Å². The Balaban J connectivity index is 1.65. The average Bonchev–Trinajstić information content (AvgIpc) is 3.21.